The van der Waals surface area contributed by atoms with Crippen LogP contribution in [0.1, 0.15) is 17.9 Å². The van der Waals surface area contributed by atoms with Gasteiger partial charge in [-0.05, 0) is 30.5 Å². The van der Waals surface area contributed by atoms with Crippen LogP contribution in [0.25, 0.3) is 10.9 Å². The lowest BCUT2D eigenvalue weighted by Gasteiger charge is -2.10. The van der Waals surface area contributed by atoms with E-state index in [9.17, 15) is 0 Å². The molecule has 1 unspecified atom stereocenters. The van der Waals surface area contributed by atoms with Crippen LogP contribution >= 0.6 is 11.6 Å². The number of H-pyrrole nitrogens is 1. The molecule has 0 aliphatic carbocycles. The Hall–Kier alpha value is -0.990. The third kappa shape index (κ3) is 1.45. The molecule has 3 heteroatoms. The van der Waals surface area contributed by atoms with Crippen molar-refractivity contribution in [3.63, 3.8) is 0 Å². The largest absolute Gasteiger partial charge is 0.360 e. The molecule has 1 aliphatic rings. The van der Waals surface area contributed by atoms with Gasteiger partial charge in [-0.3, -0.25) is 0 Å². The molecule has 1 saturated heterocycles. The van der Waals surface area contributed by atoms with Gasteiger partial charge in [-0.25, -0.2) is 0 Å². The van der Waals surface area contributed by atoms with Crippen LogP contribution in [0.3, 0.4) is 0 Å². The zero-order valence-corrected chi connectivity index (χ0v) is 9.14. The summed E-state index contributed by atoms with van der Waals surface area (Å²) in [6.07, 6.45) is 3.08. The van der Waals surface area contributed by atoms with Crippen molar-refractivity contribution in [1.29, 1.82) is 0 Å². The summed E-state index contributed by atoms with van der Waals surface area (Å²) in [5.74, 6) is 0.613. The lowest BCUT2D eigenvalue weighted by atomic mass is 9.95. The van der Waals surface area contributed by atoms with E-state index in [1.807, 2.05) is 6.20 Å². The van der Waals surface area contributed by atoms with Crippen molar-refractivity contribution in [3.05, 3.63) is 35.0 Å². The Kier molecular flexibility index (Phi) is 2.19. The predicted octanol–water partition coefficient (Wildman–Crippen LogP) is 2.90. The van der Waals surface area contributed by atoms with Crippen LogP contribution in [0.2, 0.25) is 5.02 Å². The van der Waals surface area contributed by atoms with Crippen LogP contribution in [0.5, 0.6) is 0 Å². The zero-order chi connectivity index (χ0) is 10.3. The van der Waals surface area contributed by atoms with Crippen molar-refractivity contribution in [2.75, 3.05) is 13.1 Å². The molecule has 2 aromatic rings. The van der Waals surface area contributed by atoms with Crippen molar-refractivity contribution in [2.45, 2.75) is 12.3 Å². The van der Waals surface area contributed by atoms with E-state index in [4.69, 9.17) is 11.6 Å². The van der Waals surface area contributed by atoms with E-state index in [0.717, 1.165) is 23.6 Å². The Morgan fingerprint density at radius 1 is 1.33 bits per heavy atom. The van der Waals surface area contributed by atoms with Gasteiger partial charge in [-0.15, -0.1) is 0 Å². The molecular formula is C12H13ClN2. The summed E-state index contributed by atoms with van der Waals surface area (Å²) in [5, 5.41) is 5.44. The highest BCUT2D eigenvalue weighted by molar-refractivity contribution is 6.35. The molecule has 2 N–H and O–H groups in total. The minimum atomic E-state index is 0.613. The van der Waals surface area contributed by atoms with Crippen molar-refractivity contribution < 1.29 is 0 Å². The molecule has 1 aliphatic heterocycles. The smallest absolute Gasteiger partial charge is 0.0662 e. The average Bonchev–Trinajstić information content (AvgIpc) is 2.88. The summed E-state index contributed by atoms with van der Waals surface area (Å²) >= 11 is 6.20. The van der Waals surface area contributed by atoms with E-state index in [-0.39, 0.29) is 0 Å². The van der Waals surface area contributed by atoms with E-state index in [2.05, 4.69) is 28.5 Å². The predicted molar refractivity (Wildman–Crippen MR) is 63.5 cm³/mol. The van der Waals surface area contributed by atoms with Gasteiger partial charge in [0.15, 0.2) is 0 Å². The number of aromatic nitrogens is 1. The van der Waals surface area contributed by atoms with Crippen molar-refractivity contribution in [3.8, 4) is 0 Å². The zero-order valence-electron chi connectivity index (χ0n) is 8.39. The molecule has 1 atom stereocenters. The monoisotopic (exact) mass is 220 g/mol. The number of fused-ring (bicyclic) bond motifs is 1. The molecule has 0 radical (unpaired) electrons. The SMILES string of the molecule is Clc1c[nH]c2cccc(C3CCNC3)c12. The van der Waals surface area contributed by atoms with Gasteiger partial charge in [-0.2, -0.15) is 0 Å². The van der Waals surface area contributed by atoms with Gasteiger partial charge < -0.3 is 10.3 Å². The number of hydrogen-bond acceptors (Lipinski definition) is 1. The Morgan fingerprint density at radius 2 is 2.27 bits per heavy atom. The van der Waals surface area contributed by atoms with Crippen LogP contribution in [-0.4, -0.2) is 18.1 Å². The topological polar surface area (TPSA) is 27.8 Å². The third-order valence-corrected chi connectivity index (χ3v) is 3.49. The molecule has 3 rings (SSSR count). The summed E-state index contributed by atoms with van der Waals surface area (Å²) < 4.78 is 0. The third-order valence-electron chi connectivity index (χ3n) is 3.19. The van der Waals surface area contributed by atoms with Crippen LogP contribution < -0.4 is 5.32 Å². The van der Waals surface area contributed by atoms with Crippen molar-refractivity contribution in [2.24, 2.45) is 0 Å². The normalized spacial score (nSPS) is 21.3. The maximum atomic E-state index is 6.20. The van der Waals surface area contributed by atoms with Crippen molar-refractivity contribution in [1.82, 2.24) is 10.3 Å². The highest BCUT2D eigenvalue weighted by atomic mass is 35.5. The van der Waals surface area contributed by atoms with Crippen LogP contribution in [-0.2, 0) is 0 Å². The van der Waals surface area contributed by atoms with Crippen LogP contribution in [0.4, 0.5) is 0 Å². The first-order valence-electron chi connectivity index (χ1n) is 5.32. The quantitative estimate of drug-likeness (QED) is 0.760. The van der Waals surface area contributed by atoms with E-state index < -0.39 is 0 Å². The first kappa shape index (κ1) is 9.25. The Bertz CT molecular complexity index is 483. The summed E-state index contributed by atoms with van der Waals surface area (Å²) in [7, 11) is 0. The lowest BCUT2D eigenvalue weighted by Crippen LogP contribution is -2.08. The molecule has 2 heterocycles. The second kappa shape index (κ2) is 3.54. The van der Waals surface area contributed by atoms with Crippen LogP contribution in [0, 0.1) is 0 Å². The van der Waals surface area contributed by atoms with Gasteiger partial charge >= 0.3 is 0 Å². The van der Waals surface area contributed by atoms with Gasteiger partial charge in [0.25, 0.3) is 0 Å². The van der Waals surface area contributed by atoms with Gasteiger partial charge in [0.05, 0.1) is 5.02 Å². The maximum Gasteiger partial charge on any atom is 0.0662 e. The van der Waals surface area contributed by atoms with E-state index in [1.54, 1.807) is 0 Å². The van der Waals surface area contributed by atoms with Crippen LogP contribution in [0.15, 0.2) is 24.4 Å². The molecule has 0 bridgehead atoms. The van der Waals surface area contributed by atoms with Gasteiger partial charge in [-0.1, -0.05) is 23.7 Å². The average molecular weight is 221 g/mol. The summed E-state index contributed by atoms with van der Waals surface area (Å²) in [6.45, 7) is 2.18. The second-order valence-corrected chi connectivity index (χ2v) is 4.50. The Morgan fingerprint density at radius 3 is 3.07 bits per heavy atom. The maximum absolute atomic E-state index is 6.20. The molecule has 0 spiro atoms. The number of halogens is 1. The van der Waals surface area contributed by atoms with Gasteiger partial charge in [0.2, 0.25) is 0 Å². The lowest BCUT2D eigenvalue weighted by molar-refractivity contribution is 0.770. The Labute approximate surface area is 93.6 Å². The summed E-state index contributed by atoms with van der Waals surface area (Å²) in [6, 6.07) is 6.37. The fourth-order valence-electron chi connectivity index (χ4n) is 2.43. The number of hydrogen-bond donors (Lipinski definition) is 2. The fraction of sp³-hybridized carbons (Fsp3) is 0.333. The Balaban J connectivity index is 2.19. The highest BCUT2D eigenvalue weighted by Gasteiger charge is 2.19. The van der Waals surface area contributed by atoms with Gasteiger partial charge in [0, 0.05) is 23.6 Å². The van der Waals surface area contributed by atoms with E-state index in [0.29, 0.717) is 5.92 Å². The molecule has 15 heavy (non-hydrogen) atoms. The first-order chi connectivity index (χ1) is 7.36. The fourth-order valence-corrected chi connectivity index (χ4v) is 2.70. The molecule has 2 nitrogen and oxygen atoms in total. The standard InChI is InChI=1S/C12H13ClN2/c13-10-7-15-11-3-1-2-9(12(10)11)8-4-5-14-6-8/h1-3,7-8,14-15H,4-6H2. The summed E-state index contributed by atoms with van der Waals surface area (Å²) in [4.78, 5) is 3.20. The molecule has 1 aromatic heterocycles. The molecule has 1 fully saturated rings. The van der Waals surface area contributed by atoms with E-state index in [1.165, 1.54) is 17.4 Å². The molecular weight excluding hydrogens is 208 g/mol. The van der Waals surface area contributed by atoms with E-state index >= 15 is 0 Å². The number of nitrogens with one attached hydrogen (secondary N) is 2. The molecule has 0 saturated carbocycles. The minimum Gasteiger partial charge on any atom is -0.360 e. The second-order valence-electron chi connectivity index (χ2n) is 4.10. The molecule has 0 amide bonds. The summed E-state index contributed by atoms with van der Waals surface area (Å²) in [5.41, 5.74) is 2.52. The van der Waals surface area contributed by atoms with Gasteiger partial charge in [0.1, 0.15) is 0 Å². The minimum absolute atomic E-state index is 0.613. The van der Waals surface area contributed by atoms with Crippen molar-refractivity contribution >= 4 is 22.5 Å². The molecule has 1 aromatic carbocycles. The number of aromatic amines is 1. The first-order valence-corrected chi connectivity index (χ1v) is 5.70. The number of benzene rings is 1. The number of rotatable bonds is 1. The highest BCUT2D eigenvalue weighted by Crippen LogP contribution is 2.33. The molecule has 78 valence electrons.